The van der Waals surface area contributed by atoms with E-state index in [0.29, 0.717) is 51.4 Å². The van der Waals surface area contributed by atoms with E-state index in [-0.39, 0.29) is 24.4 Å². The Kier molecular flexibility index (Phi) is 8.53. The molecule has 2 N–H and O–H groups in total. The van der Waals surface area contributed by atoms with Gasteiger partial charge in [-0.05, 0) is 62.6 Å². The molecule has 1 spiro atoms. The molecule has 2 aromatic rings. The Morgan fingerprint density at radius 2 is 1.70 bits per heavy atom. The summed E-state index contributed by atoms with van der Waals surface area (Å²) in [4.78, 5) is 44.7. The van der Waals surface area contributed by atoms with Gasteiger partial charge in [-0.15, -0.1) is 0 Å². The van der Waals surface area contributed by atoms with Crippen LogP contribution in [0.25, 0.3) is 0 Å². The number of unbranched alkanes of at least 4 members (excludes halogenated alkanes) is 1. The van der Waals surface area contributed by atoms with Crippen molar-refractivity contribution >= 4 is 29.2 Å². The normalized spacial score (nSPS) is 16.7. The second-order valence-corrected chi connectivity index (χ2v) is 9.52. The van der Waals surface area contributed by atoms with Crippen LogP contribution < -0.4 is 20.3 Å². The number of benzene rings is 2. The van der Waals surface area contributed by atoms with E-state index in [4.69, 9.17) is 4.74 Å². The molecule has 2 fully saturated rings. The number of carbonyl (C=O) groups excluding carboxylic acids is 3. The lowest BCUT2D eigenvalue weighted by molar-refractivity contribution is -0.137. The summed E-state index contributed by atoms with van der Waals surface area (Å²) < 4.78 is 5.46. The van der Waals surface area contributed by atoms with Crippen molar-refractivity contribution in [2.45, 2.75) is 45.1 Å². The molecule has 0 unspecified atom stereocenters. The molecule has 0 saturated carbocycles. The predicted octanol–water partition coefficient (Wildman–Crippen LogP) is 3.67. The quantitative estimate of drug-likeness (QED) is 0.505. The van der Waals surface area contributed by atoms with E-state index in [9.17, 15) is 14.4 Å². The molecule has 0 aliphatic carbocycles. The third-order valence-electron chi connectivity index (χ3n) is 7.06. The van der Waals surface area contributed by atoms with Crippen LogP contribution in [-0.2, 0) is 9.59 Å². The number of ether oxygens (including phenoxy) is 1. The largest absolute Gasteiger partial charge is 0.494 e. The predicted molar refractivity (Wildman–Crippen MR) is 144 cm³/mol. The van der Waals surface area contributed by atoms with Crippen molar-refractivity contribution in [2.24, 2.45) is 0 Å². The molecule has 0 radical (unpaired) electrons. The Hall–Kier alpha value is -3.75. The lowest BCUT2D eigenvalue weighted by Gasteiger charge is -2.43. The van der Waals surface area contributed by atoms with E-state index < -0.39 is 5.54 Å². The summed E-state index contributed by atoms with van der Waals surface area (Å²) in [7, 11) is 0. The number of likely N-dealkylation sites (tertiary alicyclic amines) is 1. The molecule has 37 heavy (non-hydrogen) atoms. The first-order valence-electron chi connectivity index (χ1n) is 13.1. The minimum absolute atomic E-state index is 0.0373. The first-order chi connectivity index (χ1) is 18.0. The highest BCUT2D eigenvalue weighted by atomic mass is 16.5. The molecule has 2 aliphatic heterocycles. The molecular weight excluding hydrogens is 470 g/mol. The Bertz CT molecular complexity index is 1070. The number of amides is 4. The SMILES string of the molecule is CCCCNC(=O)CN1CN(c2ccccc2)C2(CCN(C(=O)Nc3ccc(OCC)cc3)CC2)C1=O. The van der Waals surface area contributed by atoms with E-state index in [1.807, 2.05) is 61.5 Å². The van der Waals surface area contributed by atoms with Crippen LogP contribution in [-0.4, -0.2) is 72.6 Å². The smallest absolute Gasteiger partial charge is 0.321 e. The van der Waals surface area contributed by atoms with E-state index in [0.717, 1.165) is 24.3 Å². The van der Waals surface area contributed by atoms with Gasteiger partial charge in [-0.3, -0.25) is 9.59 Å². The van der Waals surface area contributed by atoms with Gasteiger partial charge in [-0.1, -0.05) is 31.5 Å². The number of piperidine rings is 1. The zero-order valence-electron chi connectivity index (χ0n) is 21.7. The maximum atomic E-state index is 13.8. The Morgan fingerprint density at radius 3 is 2.35 bits per heavy atom. The second-order valence-electron chi connectivity index (χ2n) is 9.52. The van der Waals surface area contributed by atoms with E-state index in [2.05, 4.69) is 22.5 Å². The molecule has 9 nitrogen and oxygen atoms in total. The number of hydrogen-bond acceptors (Lipinski definition) is 5. The highest BCUT2D eigenvalue weighted by Gasteiger charge is 2.54. The number of urea groups is 1. The minimum atomic E-state index is -0.777. The van der Waals surface area contributed by atoms with Gasteiger partial charge in [-0.2, -0.15) is 0 Å². The van der Waals surface area contributed by atoms with Crippen LogP contribution in [0.2, 0.25) is 0 Å². The van der Waals surface area contributed by atoms with Crippen molar-refractivity contribution in [3.05, 3.63) is 54.6 Å². The number of rotatable bonds is 9. The van der Waals surface area contributed by atoms with Crippen LogP contribution in [0.1, 0.15) is 39.5 Å². The molecule has 4 amide bonds. The van der Waals surface area contributed by atoms with E-state index >= 15 is 0 Å². The van der Waals surface area contributed by atoms with Gasteiger partial charge in [0.25, 0.3) is 5.91 Å². The maximum Gasteiger partial charge on any atom is 0.321 e. The highest BCUT2D eigenvalue weighted by Crippen LogP contribution is 2.39. The van der Waals surface area contributed by atoms with Crippen molar-refractivity contribution in [3.8, 4) is 5.75 Å². The number of para-hydroxylation sites is 1. The third kappa shape index (κ3) is 5.98. The molecule has 2 saturated heterocycles. The summed E-state index contributed by atoms with van der Waals surface area (Å²) in [6.07, 6.45) is 2.89. The Labute approximate surface area is 218 Å². The lowest BCUT2D eigenvalue weighted by atomic mass is 9.85. The summed E-state index contributed by atoms with van der Waals surface area (Å²) in [5.41, 5.74) is 0.856. The van der Waals surface area contributed by atoms with E-state index in [1.165, 1.54) is 0 Å². The summed E-state index contributed by atoms with van der Waals surface area (Å²) in [5.74, 6) is 0.567. The van der Waals surface area contributed by atoms with Crippen molar-refractivity contribution in [2.75, 3.05) is 49.7 Å². The first-order valence-corrected chi connectivity index (χ1v) is 13.1. The van der Waals surface area contributed by atoms with Crippen LogP contribution in [0.5, 0.6) is 5.75 Å². The van der Waals surface area contributed by atoms with Gasteiger partial charge in [0, 0.05) is 31.0 Å². The van der Waals surface area contributed by atoms with Gasteiger partial charge in [0.05, 0.1) is 13.3 Å². The summed E-state index contributed by atoms with van der Waals surface area (Å²) in [6, 6.07) is 16.9. The monoisotopic (exact) mass is 507 g/mol. The zero-order chi connectivity index (χ0) is 26.3. The fourth-order valence-electron chi connectivity index (χ4n) is 5.04. The topological polar surface area (TPSA) is 94.2 Å². The van der Waals surface area contributed by atoms with Crippen LogP contribution in [0, 0.1) is 0 Å². The Balaban J connectivity index is 1.43. The van der Waals surface area contributed by atoms with Crippen LogP contribution >= 0.6 is 0 Å². The maximum absolute atomic E-state index is 13.8. The van der Waals surface area contributed by atoms with Gasteiger partial charge < -0.3 is 30.1 Å². The van der Waals surface area contributed by atoms with Crippen LogP contribution in [0.3, 0.4) is 0 Å². The number of carbonyl (C=O) groups is 3. The zero-order valence-corrected chi connectivity index (χ0v) is 21.7. The van der Waals surface area contributed by atoms with Crippen molar-refractivity contribution in [3.63, 3.8) is 0 Å². The summed E-state index contributed by atoms with van der Waals surface area (Å²) in [5, 5.41) is 5.86. The van der Waals surface area contributed by atoms with Crippen LogP contribution in [0.15, 0.2) is 54.6 Å². The highest BCUT2D eigenvalue weighted by molar-refractivity contribution is 5.97. The average Bonchev–Trinajstić information content (AvgIpc) is 3.17. The molecule has 9 heteroatoms. The number of hydrogen-bond donors (Lipinski definition) is 2. The molecule has 0 bridgehead atoms. The molecule has 2 aliphatic rings. The summed E-state index contributed by atoms with van der Waals surface area (Å²) in [6.45, 7) is 6.46. The number of nitrogens with one attached hydrogen (secondary N) is 2. The minimum Gasteiger partial charge on any atom is -0.494 e. The van der Waals surface area contributed by atoms with Gasteiger partial charge in [-0.25, -0.2) is 4.79 Å². The summed E-state index contributed by atoms with van der Waals surface area (Å²) >= 11 is 0. The van der Waals surface area contributed by atoms with Gasteiger partial charge in [0.2, 0.25) is 5.91 Å². The van der Waals surface area contributed by atoms with Gasteiger partial charge in [0.1, 0.15) is 17.8 Å². The molecule has 0 aromatic heterocycles. The molecule has 0 atom stereocenters. The third-order valence-corrected chi connectivity index (χ3v) is 7.06. The molecule has 2 aromatic carbocycles. The molecular formula is C28H37N5O4. The van der Waals surface area contributed by atoms with Crippen molar-refractivity contribution in [1.82, 2.24) is 15.1 Å². The van der Waals surface area contributed by atoms with E-state index in [1.54, 1.807) is 9.80 Å². The molecule has 2 heterocycles. The van der Waals surface area contributed by atoms with Gasteiger partial charge >= 0.3 is 6.03 Å². The lowest BCUT2D eigenvalue weighted by Crippen LogP contribution is -2.58. The molecule has 4 rings (SSSR count). The van der Waals surface area contributed by atoms with Crippen molar-refractivity contribution in [1.29, 1.82) is 0 Å². The fraction of sp³-hybridized carbons (Fsp3) is 0.464. The van der Waals surface area contributed by atoms with Crippen LogP contribution in [0.4, 0.5) is 16.2 Å². The number of anilines is 2. The van der Waals surface area contributed by atoms with Crippen molar-refractivity contribution < 1.29 is 19.1 Å². The average molecular weight is 508 g/mol. The first kappa shape index (κ1) is 26.3. The second kappa shape index (κ2) is 12.0. The standard InChI is InChI=1S/C28H37N5O4/c1-3-5-17-29-25(34)20-32-21-33(23-9-7-6-8-10-23)28(26(32)35)15-18-31(19-16-28)27(36)30-22-11-13-24(14-12-22)37-4-2/h6-14H,3-5,15-21H2,1-2H3,(H,29,34)(H,30,36). The number of nitrogens with zero attached hydrogens (tertiary/aromatic N) is 3. The fourth-order valence-corrected chi connectivity index (χ4v) is 5.04. The molecule has 198 valence electrons. The Morgan fingerprint density at radius 1 is 1.00 bits per heavy atom. The van der Waals surface area contributed by atoms with Gasteiger partial charge in [0.15, 0.2) is 0 Å².